The minimum absolute atomic E-state index is 0.109. The number of aromatic nitrogens is 3. The molecule has 3 heterocycles. The van der Waals surface area contributed by atoms with Crippen molar-refractivity contribution in [3.05, 3.63) is 18.1 Å². The predicted octanol–water partition coefficient (Wildman–Crippen LogP) is 2.64. The van der Waals surface area contributed by atoms with E-state index in [2.05, 4.69) is 28.4 Å². The molecule has 0 radical (unpaired) electrons. The summed E-state index contributed by atoms with van der Waals surface area (Å²) >= 11 is 0. The molecular weight excluding hydrogens is 268 g/mol. The topological polar surface area (TPSA) is 75.2 Å². The van der Waals surface area contributed by atoms with Crippen LogP contribution in [0.1, 0.15) is 45.0 Å². The van der Waals surface area contributed by atoms with Gasteiger partial charge in [-0.05, 0) is 33.1 Å². The molecule has 1 aliphatic rings. The summed E-state index contributed by atoms with van der Waals surface area (Å²) in [4.78, 5) is 8.73. The summed E-state index contributed by atoms with van der Waals surface area (Å²) in [5, 5.41) is 0. The number of nitrogens with zero attached hydrogens (tertiary/aromatic N) is 3. The average molecular weight is 290 g/mol. The van der Waals surface area contributed by atoms with Crippen molar-refractivity contribution in [2.24, 2.45) is 0 Å². The Balaban J connectivity index is 1.84. The molecule has 0 aromatic carbocycles. The molecule has 3 rings (SSSR count). The van der Waals surface area contributed by atoms with Gasteiger partial charge in [0.2, 0.25) is 0 Å². The number of anilines is 1. The summed E-state index contributed by atoms with van der Waals surface area (Å²) in [6.45, 7) is 5.47. The van der Waals surface area contributed by atoms with Crippen molar-refractivity contribution in [2.45, 2.75) is 52.0 Å². The Hall–Kier alpha value is -1.66. The number of fused-ring (bicyclic) bond motifs is 1. The summed E-state index contributed by atoms with van der Waals surface area (Å²) in [5.41, 5.74) is 7.64. The van der Waals surface area contributed by atoms with Gasteiger partial charge < -0.3 is 19.8 Å². The third-order valence-corrected chi connectivity index (χ3v) is 3.72. The molecule has 6 nitrogen and oxygen atoms in total. The van der Waals surface area contributed by atoms with Gasteiger partial charge in [-0.1, -0.05) is 0 Å². The van der Waals surface area contributed by atoms with E-state index in [1.807, 2.05) is 6.07 Å². The van der Waals surface area contributed by atoms with Gasteiger partial charge in [0.25, 0.3) is 0 Å². The van der Waals surface area contributed by atoms with Crippen molar-refractivity contribution in [3.8, 4) is 0 Å². The number of pyridine rings is 1. The lowest BCUT2D eigenvalue weighted by atomic mass is 10.2. The van der Waals surface area contributed by atoms with Gasteiger partial charge in [-0.3, -0.25) is 0 Å². The molecule has 21 heavy (non-hydrogen) atoms. The van der Waals surface area contributed by atoms with Crippen LogP contribution in [0, 0.1) is 0 Å². The number of nitrogens with two attached hydrogens (primary N) is 1. The number of nitrogen functional groups attached to an aromatic ring is 1. The summed E-state index contributed by atoms with van der Waals surface area (Å²) < 4.78 is 13.6. The first kappa shape index (κ1) is 14.3. The quantitative estimate of drug-likeness (QED) is 0.936. The molecule has 1 saturated heterocycles. The number of hydrogen-bond acceptors (Lipinski definition) is 5. The molecule has 1 atom stereocenters. The molecule has 2 N–H and O–H groups in total. The smallest absolute Gasteiger partial charge is 0.158 e. The van der Waals surface area contributed by atoms with Crippen molar-refractivity contribution < 1.29 is 9.47 Å². The molecule has 0 spiro atoms. The zero-order valence-corrected chi connectivity index (χ0v) is 12.6. The van der Waals surface area contributed by atoms with Crippen molar-refractivity contribution in [3.63, 3.8) is 0 Å². The zero-order valence-electron chi connectivity index (χ0n) is 12.6. The Morgan fingerprint density at radius 2 is 2.33 bits per heavy atom. The molecule has 1 aliphatic heterocycles. The standard InChI is InChI=1S/C15H22N4O2/c1-10(2)19-12-7-13(16)17-8-11(12)18-14(19)9-21-15-5-3-4-6-20-15/h7-8,10,15H,3-6,9H2,1-2H3,(H2,16,17). The zero-order chi connectivity index (χ0) is 14.8. The molecule has 6 heteroatoms. The van der Waals surface area contributed by atoms with Gasteiger partial charge in [-0.25, -0.2) is 9.97 Å². The van der Waals surface area contributed by atoms with Gasteiger partial charge in [0.15, 0.2) is 6.29 Å². The number of ether oxygens (including phenoxy) is 2. The van der Waals surface area contributed by atoms with Crippen molar-refractivity contribution >= 4 is 16.9 Å². The SMILES string of the molecule is CC(C)n1c(COC2CCCCO2)nc2cnc(N)cc21. The van der Waals surface area contributed by atoms with Crippen LogP contribution in [0.25, 0.3) is 11.0 Å². The molecular formula is C15H22N4O2. The Morgan fingerprint density at radius 3 is 3.05 bits per heavy atom. The summed E-state index contributed by atoms with van der Waals surface area (Å²) in [7, 11) is 0. The average Bonchev–Trinajstić information content (AvgIpc) is 2.84. The van der Waals surface area contributed by atoms with E-state index in [0.29, 0.717) is 12.4 Å². The summed E-state index contributed by atoms with van der Waals surface area (Å²) in [6, 6.07) is 2.14. The Morgan fingerprint density at radius 1 is 1.48 bits per heavy atom. The van der Waals surface area contributed by atoms with E-state index >= 15 is 0 Å². The van der Waals surface area contributed by atoms with Crippen LogP contribution in [0.2, 0.25) is 0 Å². The Labute approximate surface area is 124 Å². The maximum Gasteiger partial charge on any atom is 0.158 e. The van der Waals surface area contributed by atoms with Gasteiger partial charge in [0.1, 0.15) is 23.8 Å². The van der Waals surface area contributed by atoms with Crippen molar-refractivity contribution in [2.75, 3.05) is 12.3 Å². The molecule has 0 amide bonds. The third-order valence-electron chi connectivity index (χ3n) is 3.72. The highest BCUT2D eigenvalue weighted by Gasteiger charge is 2.18. The molecule has 0 aliphatic carbocycles. The van der Waals surface area contributed by atoms with Crippen molar-refractivity contribution in [1.82, 2.24) is 14.5 Å². The second-order valence-corrected chi connectivity index (χ2v) is 5.70. The van der Waals surface area contributed by atoms with E-state index in [4.69, 9.17) is 15.2 Å². The number of imidazole rings is 1. The van der Waals surface area contributed by atoms with Crippen LogP contribution in [0.15, 0.2) is 12.3 Å². The molecule has 114 valence electrons. The molecule has 0 saturated carbocycles. The molecule has 0 bridgehead atoms. The van der Waals surface area contributed by atoms with Crippen molar-refractivity contribution in [1.29, 1.82) is 0 Å². The fraction of sp³-hybridized carbons (Fsp3) is 0.600. The first-order valence-electron chi connectivity index (χ1n) is 7.50. The van der Waals surface area contributed by atoms with E-state index in [1.54, 1.807) is 6.20 Å². The first-order valence-corrected chi connectivity index (χ1v) is 7.50. The predicted molar refractivity (Wildman–Crippen MR) is 80.7 cm³/mol. The van der Waals surface area contributed by atoms with Gasteiger partial charge in [0, 0.05) is 18.7 Å². The normalized spacial score (nSPS) is 19.5. The third kappa shape index (κ3) is 3.01. The van der Waals surface area contributed by atoms with Crippen LogP contribution < -0.4 is 5.73 Å². The monoisotopic (exact) mass is 290 g/mol. The first-order chi connectivity index (χ1) is 10.1. The summed E-state index contributed by atoms with van der Waals surface area (Å²) in [5.74, 6) is 1.40. The Kier molecular flexibility index (Phi) is 4.07. The van der Waals surface area contributed by atoms with Crippen LogP contribution in [0.3, 0.4) is 0 Å². The van der Waals surface area contributed by atoms with E-state index in [-0.39, 0.29) is 12.3 Å². The van der Waals surface area contributed by atoms with Gasteiger partial charge in [-0.2, -0.15) is 0 Å². The molecule has 1 unspecified atom stereocenters. The fourth-order valence-corrected chi connectivity index (χ4v) is 2.75. The lowest BCUT2D eigenvalue weighted by Crippen LogP contribution is -2.23. The van der Waals surface area contributed by atoms with Crippen LogP contribution >= 0.6 is 0 Å². The van der Waals surface area contributed by atoms with Gasteiger partial charge in [0.05, 0.1) is 11.7 Å². The number of rotatable bonds is 4. The maximum absolute atomic E-state index is 5.86. The largest absolute Gasteiger partial charge is 0.384 e. The van der Waals surface area contributed by atoms with E-state index in [0.717, 1.165) is 42.7 Å². The lowest BCUT2D eigenvalue weighted by Gasteiger charge is -2.23. The second kappa shape index (κ2) is 5.99. The van der Waals surface area contributed by atoms with Crippen LogP contribution in [-0.4, -0.2) is 27.4 Å². The highest BCUT2D eigenvalue weighted by atomic mass is 16.7. The minimum Gasteiger partial charge on any atom is -0.384 e. The number of hydrogen-bond donors (Lipinski definition) is 1. The van der Waals surface area contributed by atoms with Crippen LogP contribution in [0.5, 0.6) is 0 Å². The minimum atomic E-state index is -0.109. The Bertz CT molecular complexity index is 617. The highest BCUT2D eigenvalue weighted by molar-refractivity contribution is 5.77. The van der Waals surface area contributed by atoms with Gasteiger partial charge >= 0.3 is 0 Å². The fourth-order valence-electron chi connectivity index (χ4n) is 2.75. The highest BCUT2D eigenvalue weighted by Crippen LogP contribution is 2.23. The van der Waals surface area contributed by atoms with Gasteiger partial charge in [-0.15, -0.1) is 0 Å². The second-order valence-electron chi connectivity index (χ2n) is 5.70. The molecule has 2 aromatic heterocycles. The lowest BCUT2D eigenvalue weighted by molar-refractivity contribution is -0.170. The van der Waals surface area contributed by atoms with E-state index in [9.17, 15) is 0 Å². The molecule has 2 aromatic rings. The van der Waals surface area contributed by atoms with E-state index in [1.165, 1.54) is 0 Å². The molecule has 1 fully saturated rings. The van der Waals surface area contributed by atoms with Crippen LogP contribution in [0.4, 0.5) is 5.82 Å². The maximum atomic E-state index is 5.86. The summed E-state index contributed by atoms with van der Waals surface area (Å²) in [6.07, 6.45) is 4.84. The van der Waals surface area contributed by atoms with Crippen LogP contribution in [-0.2, 0) is 16.1 Å². The van der Waals surface area contributed by atoms with E-state index < -0.39 is 0 Å².